The van der Waals surface area contributed by atoms with Crippen LogP contribution in [0.5, 0.6) is 5.75 Å². The highest BCUT2D eigenvalue weighted by Crippen LogP contribution is 2.27. The van der Waals surface area contributed by atoms with Crippen molar-refractivity contribution in [2.45, 2.75) is 19.4 Å². The minimum Gasteiger partial charge on any atom is -0.495 e. The first-order chi connectivity index (χ1) is 13.2. The van der Waals surface area contributed by atoms with Gasteiger partial charge in [0.25, 0.3) is 0 Å². The van der Waals surface area contributed by atoms with Gasteiger partial charge in [-0.15, -0.1) is 11.3 Å². The minimum atomic E-state index is -0.105. The molecular weight excluding hydrogens is 356 g/mol. The molecule has 1 aromatic heterocycles. The van der Waals surface area contributed by atoms with Crippen molar-refractivity contribution in [1.82, 2.24) is 5.32 Å². The fraction of sp³-hybridized carbons (Fsp3) is 0.227. The van der Waals surface area contributed by atoms with Crippen LogP contribution in [0, 0.1) is 0 Å². The number of thiophene rings is 1. The van der Waals surface area contributed by atoms with Gasteiger partial charge in [-0.3, -0.25) is 10.1 Å². The summed E-state index contributed by atoms with van der Waals surface area (Å²) < 4.78 is 5.29. The number of ether oxygens (including phenoxy) is 1. The lowest BCUT2D eigenvalue weighted by Crippen LogP contribution is -2.31. The van der Waals surface area contributed by atoms with Crippen LogP contribution in [0.15, 0.2) is 66.0 Å². The van der Waals surface area contributed by atoms with Gasteiger partial charge in [0.15, 0.2) is 0 Å². The van der Waals surface area contributed by atoms with E-state index in [0.29, 0.717) is 11.4 Å². The molecule has 0 bridgehead atoms. The van der Waals surface area contributed by atoms with Gasteiger partial charge < -0.3 is 10.1 Å². The van der Waals surface area contributed by atoms with Crippen LogP contribution in [0.25, 0.3) is 0 Å². The Bertz CT molecular complexity index is 860. The van der Waals surface area contributed by atoms with Gasteiger partial charge in [0.05, 0.1) is 25.4 Å². The van der Waals surface area contributed by atoms with Gasteiger partial charge in [-0.05, 0) is 41.1 Å². The van der Waals surface area contributed by atoms with Crippen molar-refractivity contribution in [3.05, 3.63) is 82.0 Å². The smallest absolute Gasteiger partial charge is 0.238 e. The largest absolute Gasteiger partial charge is 0.495 e. The van der Waals surface area contributed by atoms with Gasteiger partial charge >= 0.3 is 0 Å². The fourth-order valence-electron chi connectivity index (χ4n) is 2.92. The maximum atomic E-state index is 12.5. The lowest BCUT2D eigenvalue weighted by atomic mass is 10.0. The average Bonchev–Trinajstić information content (AvgIpc) is 3.23. The monoisotopic (exact) mass is 380 g/mol. The van der Waals surface area contributed by atoms with E-state index in [4.69, 9.17) is 4.74 Å². The SMILES string of the molecule is CCc1ccc([C@H](NCC(=O)Nc2ccccc2OC)c2cccs2)cc1. The zero-order chi connectivity index (χ0) is 19.1. The fourth-order valence-corrected chi connectivity index (χ4v) is 3.75. The van der Waals surface area contributed by atoms with Crippen LogP contribution in [0.2, 0.25) is 0 Å². The van der Waals surface area contributed by atoms with Gasteiger partial charge in [0.1, 0.15) is 5.75 Å². The summed E-state index contributed by atoms with van der Waals surface area (Å²) in [4.78, 5) is 13.6. The second-order valence-electron chi connectivity index (χ2n) is 6.17. The molecule has 3 aromatic rings. The lowest BCUT2D eigenvalue weighted by Gasteiger charge is -2.18. The van der Waals surface area contributed by atoms with Crippen LogP contribution in [0.3, 0.4) is 0 Å². The van der Waals surface area contributed by atoms with Crippen molar-refractivity contribution >= 4 is 22.9 Å². The summed E-state index contributed by atoms with van der Waals surface area (Å²) in [6.45, 7) is 2.35. The Morgan fingerprint density at radius 3 is 2.52 bits per heavy atom. The Morgan fingerprint density at radius 1 is 1.07 bits per heavy atom. The zero-order valence-corrected chi connectivity index (χ0v) is 16.4. The Labute approximate surface area is 164 Å². The molecule has 140 valence electrons. The molecule has 1 amide bonds. The average molecular weight is 381 g/mol. The summed E-state index contributed by atoms with van der Waals surface area (Å²) >= 11 is 1.68. The Morgan fingerprint density at radius 2 is 1.85 bits per heavy atom. The van der Waals surface area contributed by atoms with Crippen LogP contribution in [-0.4, -0.2) is 19.6 Å². The molecule has 0 aliphatic rings. The molecule has 3 rings (SSSR count). The molecule has 0 saturated carbocycles. The highest BCUT2D eigenvalue weighted by molar-refractivity contribution is 7.10. The van der Waals surface area contributed by atoms with E-state index in [9.17, 15) is 4.79 Å². The molecule has 27 heavy (non-hydrogen) atoms. The molecule has 5 heteroatoms. The van der Waals surface area contributed by atoms with E-state index >= 15 is 0 Å². The number of hydrogen-bond acceptors (Lipinski definition) is 4. The summed E-state index contributed by atoms with van der Waals surface area (Å²) in [6, 6.07) is 20.1. The van der Waals surface area contributed by atoms with E-state index in [1.807, 2.05) is 30.3 Å². The third kappa shape index (κ3) is 4.96. The summed E-state index contributed by atoms with van der Waals surface area (Å²) in [7, 11) is 1.59. The normalized spacial score (nSPS) is 11.8. The molecule has 0 aliphatic carbocycles. The predicted octanol–water partition coefficient (Wildman–Crippen LogP) is 4.64. The van der Waals surface area contributed by atoms with Gasteiger partial charge in [-0.2, -0.15) is 0 Å². The molecule has 0 radical (unpaired) electrons. The molecule has 0 saturated heterocycles. The summed E-state index contributed by atoms with van der Waals surface area (Å²) in [5.41, 5.74) is 3.13. The maximum Gasteiger partial charge on any atom is 0.238 e. The molecule has 0 spiro atoms. The number of para-hydroxylation sites is 2. The zero-order valence-electron chi connectivity index (χ0n) is 15.6. The highest BCUT2D eigenvalue weighted by Gasteiger charge is 2.16. The Hall–Kier alpha value is -2.63. The predicted molar refractivity (Wildman–Crippen MR) is 112 cm³/mol. The maximum absolute atomic E-state index is 12.5. The number of carbonyl (C=O) groups is 1. The summed E-state index contributed by atoms with van der Waals surface area (Å²) in [5, 5.41) is 8.35. The molecular formula is C22H24N2O2S. The van der Waals surface area contributed by atoms with Gasteiger partial charge in [0.2, 0.25) is 5.91 Å². The number of aryl methyl sites for hydroxylation is 1. The number of anilines is 1. The Kier molecular flexibility index (Phi) is 6.63. The molecule has 2 aromatic carbocycles. The van der Waals surface area contributed by atoms with E-state index < -0.39 is 0 Å². The van der Waals surface area contributed by atoms with Crippen molar-refractivity contribution < 1.29 is 9.53 Å². The van der Waals surface area contributed by atoms with E-state index in [2.05, 4.69) is 53.3 Å². The van der Waals surface area contributed by atoms with E-state index in [1.54, 1.807) is 18.4 Å². The number of amides is 1. The topological polar surface area (TPSA) is 50.4 Å². The quantitative estimate of drug-likeness (QED) is 0.599. The molecule has 1 atom stereocenters. The van der Waals surface area contributed by atoms with Crippen molar-refractivity contribution in [1.29, 1.82) is 0 Å². The molecule has 2 N–H and O–H groups in total. The number of hydrogen-bond donors (Lipinski definition) is 2. The van der Waals surface area contributed by atoms with E-state index in [1.165, 1.54) is 10.4 Å². The van der Waals surface area contributed by atoms with Crippen LogP contribution in [-0.2, 0) is 11.2 Å². The second kappa shape index (κ2) is 9.35. The van der Waals surface area contributed by atoms with E-state index in [-0.39, 0.29) is 18.5 Å². The van der Waals surface area contributed by atoms with Crippen LogP contribution in [0.1, 0.15) is 29.0 Å². The first-order valence-corrected chi connectivity index (χ1v) is 9.87. The van der Waals surface area contributed by atoms with Crippen molar-refractivity contribution in [3.8, 4) is 5.75 Å². The van der Waals surface area contributed by atoms with Crippen molar-refractivity contribution in [2.24, 2.45) is 0 Å². The summed E-state index contributed by atoms with van der Waals surface area (Å²) in [6.07, 6.45) is 1.01. The number of methoxy groups -OCH3 is 1. The van der Waals surface area contributed by atoms with Gasteiger partial charge in [0, 0.05) is 4.88 Å². The van der Waals surface area contributed by atoms with Gasteiger partial charge in [-0.25, -0.2) is 0 Å². The highest BCUT2D eigenvalue weighted by atomic mass is 32.1. The second-order valence-corrected chi connectivity index (χ2v) is 7.15. The number of benzene rings is 2. The third-order valence-electron chi connectivity index (χ3n) is 4.40. The molecule has 4 nitrogen and oxygen atoms in total. The molecule has 1 heterocycles. The molecule has 0 fully saturated rings. The van der Waals surface area contributed by atoms with Gasteiger partial charge in [-0.1, -0.05) is 49.4 Å². The number of nitrogens with one attached hydrogen (secondary N) is 2. The first kappa shape index (κ1) is 19.1. The lowest BCUT2D eigenvalue weighted by molar-refractivity contribution is -0.115. The number of carbonyl (C=O) groups excluding carboxylic acids is 1. The standard InChI is InChI=1S/C22H24N2O2S/c1-3-16-10-12-17(13-11-16)22(20-9-6-14-27-20)23-15-21(25)24-18-7-4-5-8-19(18)26-2/h4-14,22-23H,3,15H2,1-2H3,(H,24,25)/t22-/m0/s1. The van der Waals surface area contributed by atoms with Crippen molar-refractivity contribution in [3.63, 3.8) is 0 Å². The van der Waals surface area contributed by atoms with Crippen LogP contribution >= 0.6 is 11.3 Å². The first-order valence-electron chi connectivity index (χ1n) is 8.99. The van der Waals surface area contributed by atoms with Crippen LogP contribution in [0.4, 0.5) is 5.69 Å². The molecule has 0 unspecified atom stereocenters. The van der Waals surface area contributed by atoms with Crippen LogP contribution < -0.4 is 15.4 Å². The number of rotatable bonds is 8. The minimum absolute atomic E-state index is 0.0145. The molecule has 0 aliphatic heterocycles. The third-order valence-corrected chi connectivity index (χ3v) is 5.33. The van der Waals surface area contributed by atoms with Crippen molar-refractivity contribution in [2.75, 3.05) is 19.0 Å². The summed E-state index contributed by atoms with van der Waals surface area (Å²) in [5.74, 6) is 0.544. The Balaban J connectivity index is 1.70. The van der Waals surface area contributed by atoms with E-state index in [0.717, 1.165) is 12.0 Å².